The van der Waals surface area contributed by atoms with Gasteiger partial charge in [0.1, 0.15) is 17.1 Å². The van der Waals surface area contributed by atoms with Crippen LogP contribution in [0.2, 0.25) is 0 Å². The van der Waals surface area contributed by atoms with E-state index in [0.29, 0.717) is 65.7 Å². The molecule has 0 bridgehead atoms. The third-order valence-corrected chi connectivity index (χ3v) is 7.97. The van der Waals surface area contributed by atoms with E-state index in [1.165, 1.54) is 13.2 Å². The van der Waals surface area contributed by atoms with E-state index in [1.807, 2.05) is 0 Å². The van der Waals surface area contributed by atoms with Crippen LogP contribution in [0.25, 0.3) is 33.4 Å². The van der Waals surface area contributed by atoms with Crippen molar-refractivity contribution >= 4 is 38.4 Å². The van der Waals surface area contributed by atoms with Crippen molar-refractivity contribution in [3.63, 3.8) is 0 Å². The zero-order valence-electron chi connectivity index (χ0n) is 22.4. The van der Waals surface area contributed by atoms with Gasteiger partial charge in [-0.3, -0.25) is 4.72 Å². The van der Waals surface area contributed by atoms with E-state index >= 15 is 4.39 Å². The molecule has 210 valence electrons. The largest absolute Gasteiger partial charge is 0.494 e. The molecule has 4 aromatic rings. The second kappa shape index (κ2) is 11.2. The fourth-order valence-corrected chi connectivity index (χ4v) is 6.03. The number of methoxy groups -OCH3 is 1. The first-order chi connectivity index (χ1) is 19.1. The Morgan fingerprint density at radius 3 is 2.52 bits per heavy atom. The molecule has 1 fully saturated rings. The van der Waals surface area contributed by atoms with Crippen molar-refractivity contribution in [3.8, 4) is 28.3 Å². The number of rotatable bonds is 8. The van der Waals surface area contributed by atoms with E-state index in [4.69, 9.17) is 25.2 Å². The number of nitrogens with one attached hydrogen (secondary N) is 1. The van der Waals surface area contributed by atoms with Gasteiger partial charge in [0.05, 0.1) is 37.3 Å². The Morgan fingerprint density at radius 1 is 1.12 bits per heavy atom. The zero-order valence-corrected chi connectivity index (χ0v) is 23.2. The molecule has 0 amide bonds. The van der Waals surface area contributed by atoms with Gasteiger partial charge >= 0.3 is 0 Å². The van der Waals surface area contributed by atoms with Crippen LogP contribution in [0.5, 0.6) is 5.75 Å². The predicted octanol–water partition coefficient (Wildman–Crippen LogP) is 3.72. The number of nitrogens with zero attached hydrogens (tertiary/aromatic N) is 5. The molecule has 11 nitrogen and oxygen atoms in total. The van der Waals surface area contributed by atoms with Crippen LogP contribution in [0.1, 0.15) is 13.8 Å². The van der Waals surface area contributed by atoms with Gasteiger partial charge in [-0.15, -0.1) is 0 Å². The summed E-state index contributed by atoms with van der Waals surface area (Å²) in [6, 6.07) is 8.05. The molecule has 0 saturated carbocycles. The summed E-state index contributed by atoms with van der Waals surface area (Å²) in [5.74, 6) is 0.602. The van der Waals surface area contributed by atoms with Crippen LogP contribution in [-0.4, -0.2) is 67.5 Å². The summed E-state index contributed by atoms with van der Waals surface area (Å²) in [5, 5.41) is 0.640. The summed E-state index contributed by atoms with van der Waals surface area (Å²) in [4.78, 5) is 19.8. The molecule has 1 aliphatic heterocycles. The van der Waals surface area contributed by atoms with Crippen LogP contribution in [0.15, 0.2) is 42.7 Å². The number of halogens is 1. The minimum Gasteiger partial charge on any atom is -0.494 e. The van der Waals surface area contributed by atoms with Crippen LogP contribution in [0, 0.1) is 11.7 Å². The highest BCUT2D eigenvalue weighted by Gasteiger charge is 2.23. The molecule has 1 saturated heterocycles. The fraction of sp³-hybridized carbons (Fsp3) is 0.333. The third-order valence-electron chi connectivity index (χ3n) is 6.33. The maximum atomic E-state index is 15.8. The highest BCUT2D eigenvalue weighted by Crippen LogP contribution is 2.39. The van der Waals surface area contributed by atoms with Crippen molar-refractivity contribution in [3.05, 3.63) is 48.5 Å². The third kappa shape index (κ3) is 5.75. The number of sulfonamides is 1. The topological polar surface area (TPSA) is 145 Å². The van der Waals surface area contributed by atoms with Crippen molar-refractivity contribution in [1.82, 2.24) is 19.9 Å². The van der Waals surface area contributed by atoms with E-state index in [0.717, 1.165) is 0 Å². The predicted molar refractivity (Wildman–Crippen MR) is 152 cm³/mol. The van der Waals surface area contributed by atoms with Crippen molar-refractivity contribution in [1.29, 1.82) is 0 Å². The van der Waals surface area contributed by atoms with E-state index in [1.54, 1.807) is 50.5 Å². The number of anilines is 3. The molecule has 1 aliphatic rings. The van der Waals surface area contributed by atoms with Gasteiger partial charge in [0.2, 0.25) is 16.0 Å². The van der Waals surface area contributed by atoms with Crippen LogP contribution in [0.4, 0.5) is 21.8 Å². The summed E-state index contributed by atoms with van der Waals surface area (Å²) in [6.07, 6.45) is 3.10. The average Bonchev–Trinajstić information content (AvgIpc) is 2.93. The van der Waals surface area contributed by atoms with Crippen LogP contribution in [0.3, 0.4) is 0 Å². The van der Waals surface area contributed by atoms with Crippen molar-refractivity contribution in [2.45, 2.75) is 13.8 Å². The lowest BCUT2D eigenvalue weighted by molar-refractivity contribution is 0.122. The smallest absolute Gasteiger partial charge is 0.233 e. The maximum Gasteiger partial charge on any atom is 0.233 e. The van der Waals surface area contributed by atoms with E-state index < -0.39 is 15.8 Å². The molecule has 2 aromatic carbocycles. The Balaban J connectivity index is 1.67. The molecular formula is C27H30FN7O4S. The van der Waals surface area contributed by atoms with Gasteiger partial charge in [0.15, 0.2) is 11.6 Å². The first-order valence-corrected chi connectivity index (χ1v) is 14.4. The van der Waals surface area contributed by atoms with Gasteiger partial charge in [-0.1, -0.05) is 26.0 Å². The molecule has 3 N–H and O–H groups in total. The summed E-state index contributed by atoms with van der Waals surface area (Å²) >= 11 is 0. The standard InChI is InChI=1S/C27H30FN7O4S/c1-16(2)15-40(36,37)34-21-6-4-5-19(23(21)28)17-11-20-24(22(12-17)38-3)32-25(18-13-30-27(29)31-14-18)33-26(20)35-7-9-39-10-8-35/h4-6,11-14,16,34H,7-10,15H2,1-3H3,(H2,29,30,31). The Kier molecular flexibility index (Phi) is 7.68. The number of ether oxygens (including phenoxy) is 2. The van der Waals surface area contributed by atoms with E-state index in [2.05, 4.69) is 19.6 Å². The van der Waals surface area contributed by atoms with E-state index in [-0.39, 0.29) is 28.9 Å². The van der Waals surface area contributed by atoms with Gasteiger partial charge in [0, 0.05) is 36.4 Å². The van der Waals surface area contributed by atoms with Gasteiger partial charge in [0.25, 0.3) is 0 Å². The van der Waals surface area contributed by atoms with Crippen molar-refractivity contribution in [2.75, 3.05) is 54.5 Å². The normalized spacial score (nSPS) is 14.1. The molecule has 5 rings (SSSR count). The van der Waals surface area contributed by atoms with Gasteiger partial charge in [-0.2, -0.15) is 0 Å². The molecular weight excluding hydrogens is 537 g/mol. The Bertz CT molecular complexity index is 1640. The molecule has 3 heterocycles. The minimum absolute atomic E-state index is 0.114. The number of morpholine rings is 1. The van der Waals surface area contributed by atoms with Crippen molar-refractivity contribution in [2.24, 2.45) is 5.92 Å². The SMILES string of the molecule is COc1cc(-c2cccc(NS(=O)(=O)CC(C)C)c2F)cc2c(N3CCOCC3)nc(-c3cnc(N)nc3)nc12. The van der Waals surface area contributed by atoms with Crippen molar-refractivity contribution < 1.29 is 22.3 Å². The monoisotopic (exact) mass is 567 g/mol. The summed E-state index contributed by atoms with van der Waals surface area (Å²) in [6.45, 7) is 5.81. The molecule has 2 aromatic heterocycles. The molecule has 13 heteroatoms. The number of benzene rings is 2. The Morgan fingerprint density at radius 2 is 1.85 bits per heavy atom. The lowest BCUT2D eigenvalue weighted by atomic mass is 10.0. The molecule has 0 atom stereocenters. The maximum absolute atomic E-state index is 15.8. The summed E-state index contributed by atoms with van der Waals surface area (Å²) in [7, 11) is -2.22. The lowest BCUT2D eigenvalue weighted by Gasteiger charge is -2.29. The Labute approximate surface area is 231 Å². The fourth-order valence-electron chi connectivity index (χ4n) is 4.58. The minimum atomic E-state index is -3.73. The molecule has 0 spiro atoms. The second-order valence-electron chi connectivity index (χ2n) is 9.82. The second-order valence-corrected chi connectivity index (χ2v) is 11.6. The number of hydrogen-bond acceptors (Lipinski definition) is 10. The lowest BCUT2D eigenvalue weighted by Crippen LogP contribution is -2.37. The molecule has 40 heavy (non-hydrogen) atoms. The Hall–Kier alpha value is -4.10. The molecule has 0 aliphatic carbocycles. The summed E-state index contributed by atoms with van der Waals surface area (Å²) < 4.78 is 54.5. The summed E-state index contributed by atoms with van der Waals surface area (Å²) in [5.41, 5.74) is 7.31. The average molecular weight is 568 g/mol. The first-order valence-electron chi connectivity index (χ1n) is 12.7. The van der Waals surface area contributed by atoms with E-state index in [9.17, 15) is 8.42 Å². The van der Waals surface area contributed by atoms with Gasteiger partial charge < -0.3 is 20.1 Å². The highest BCUT2D eigenvalue weighted by molar-refractivity contribution is 7.92. The quantitative estimate of drug-likeness (QED) is 0.323. The van der Waals surface area contributed by atoms with Gasteiger partial charge in [-0.05, 0) is 29.7 Å². The molecule has 0 unspecified atom stereocenters. The van der Waals surface area contributed by atoms with Crippen LogP contribution < -0.4 is 20.1 Å². The number of nitrogens with two attached hydrogens (primary N) is 1. The number of fused-ring (bicyclic) bond motifs is 1. The van der Waals surface area contributed by atoms with Crippen LogP contribution in [-0.2, 0) is 14.8 Å². The number of hydrogen-bond donors (Lipinski definition) is 2. The van der Waals surface area contributed by atoms with Gasteiger partial charge in [-0.25, -0.2) is 32.7 Å². The number of aromatic nitrogens is 4. The number of nitrogen functional groups attached to an aromatic ring is 1. The van der Waals surface area contributed by atoms with Crippen LogP contribution >= 0.6 is 0 Å². The molecule has 0 radical (unpaired) electrons. The highest BCUT2D eigenvalue weighted by atomic mass is 32.2. The zero-order chi connectivity index (χ0) is 28.4. The first kappa shape index (κ1) is 27.5.